The van der Waals surface area contributed by atoms with Crippen LogP contribution in [0.5, 0.6) is 5.75 Å². The molecular weight excluding hydrogens is 454 g/mol. The highest BCUT2D eigenvalue weighted by Gasteiger charge is 2.27. The van der Waals surface area contributed by atoms with E-state index in [0.717, 1.165) is 41.8 Å². The molecule has 37 heavy (non-hydrogen) atoms. The lowest BCUT2D eigenvalue weighted by Gasteiger charge is -2.31. The Hall–Kier alpha value is -3.46. The fourth-order valence-electron chi connectivity index (χ4n) is 4.44. The summed E-state index contributed by atoms with van der Waals surface area (Å²) >= 11 is 0. The molecule has 0 bridgehead atoms. The first kappa shape index (κ1) is 29.8. The Bertz CT molecular complexity index is 1160. The quantitative estimate of drug-likeness (QED) is 0.389. The van der Waals surface area contributed by atoms with E-state index >= 15 is 0 Å². The van der Waals surface area contributed by atoms with Crippen LogP contribution in [0.1, 0.15) is 71.1 Å². The summed E-state index contributed by atoms with van der Waals surface area (Å²) in [6, 6.07) is 16.8. The zero-order chi connectivity index (χ0) is 27.4. The molecule has 0 atom stereocenters. The van der Waals surface area contributed by atoms with Crippen LogP contribution in [-0.2, 0) is 12.0 Å². The SMILES string of the molecule is C=C/C=C1C(/CC(C)C)=C\Cc2ccccc2C(C)(C)NC/1=C/Oc1ccccc1C.CC/C=C(/C)O. The van der Waals surface area contributed by atoms with Crippen molar-refractivity contribution in [2.75, 3.05) is 0 Å². The van der Waals surface area contributed by atoms with Crippen molar-refractivity contribution in [3.8, 4) is 5.75 Å². The van der Waals surface area contributed by atoms with Gasteiger partial charge in [-0.25, -0.2) is 0 Å². The molecule has 1 aliphatic heterocycles. The first-order chi connectivity index (χ1) is 17.6. The van der Waals surface area contributed by atoms with Gasteiger partial charge in [-0.3, -0.25) is 0 Å². The van der Waals surface area contributed by atoms with Crippen LogP contribution in [0.25, 0.3) is 0 Å². The molecule has 3 heteroatoms. The van der Waals surface area contributed by atoms with E-state index in [1.54, 1.807) is 13.0 Å². The van der Waals surface area contributed by atoms with Crippen molar-refractivity contribution in [3.05, 3.63) is 125 Å². The maximum absolute atomic E-state index is 8.41. The number of hydrogen-bond acceptors (Lipinski definition) is 3. The third-order valence-corrected chi connectivity index (χ3v) is 6.15. The third kappa shape index (κ3) is 9.17. The Labute approximate surface area is 225 Å². The van der Waals surface area contributed by atoms with E-state index in [4.69, 9.17) is 9.84 Å². The molecule has 0 radical (unpaired) electrons. The summed E-state index contributed by atoms with van der Waals surface area (Å²) in [7, 11) is 0. The monoisotopic (exact) mass is 499 g/mol. The lowest BCUT2D eigenvalue weighted by atomic mass is 9.88. The van der Waals surface area contributed by atoms with Crippen LogP contribution in [0, 0.1) is 12.8 Å². The van der Waals surface area contributed by atoms with Crippen molar-refractivity contribution in [2.45, 2.75) is 73.3 Å². The lowest BCUT2D eigenvalue weighted by Crippen LogP contribution is -2.37. The standard InChI is InChI=1S/C29H35NO.C5H10O/c1-7-12-25-24(19-21(2)3)18-17-23-14-9-10-15-26(23)29(5,6)30-27(25)20-31-28-16-11-8-13-22(28)4;1-3-4-5(2)6/h7-16,18,20-21,30H,1,17,19H2,2-6H3;4,6H,3H2,1-2H3/b24-18-,25-12-,27-20+;5-4-. The van der Waals surface area contributed by atoms with E-state index in [2.05, 4.69) is 89.0 Å². The predicted molar refractivity (Wildman–Crippen MR) is 159 cm³/mol. The molecule has 0 fully saturated rings. The molecule has 0 amide bonds. The number of benzene rings is 2. The van der Waals surface area contributed by atoms with Gasteiger partial charge >= 0.3 is 0 Å². The van der Waals surface area contributed by atoms with E-state index in [1.165, 1.54) is 16.7 Å². The van der Waals surface area contributed by atoms with Gasteiger partial charge in [0.05, 0.1) is 17.0 Å². The topological polar surface area (TPSA) is 41.5 Å². The molecule has 2 aromatic rings. The molecule has 3 nitrogen and oxygen atoms in total. The number of hydrogen-bond donors (Lipinski definition) is 2. The number of para-hydroxylation sites is 1. The molecular formula is C34H45NO2. The highest BCUT2D eigenvalue weighted by Crippen LogP contribution is 2.33. The van der Waals surface area contributed by atoms with Crippen LogP contribution in [0.15, 0.2) is 108 Å². The summed E-state index contributed by atoms with van der Waals surface area (Å²) in [4.78, 5) is 0. The van der Waals surface area contributed by atoms with Gasteiger partial charge in [0.2, 0.25) is 0 Å². The van der Waals surface area contributed by atoms with Gasteiger partial charge in [-0.05, 0) is 87.3 Å². The van der Waals surface area contributed by atoms with Crippen molar-refractivity contribution in [1.82, 2.24) is 5.32 Å². The van der Waals surface area contributed by atoms with Gasteiger partial charge in [0.25, 0.3) is 0 Å². The number of aliphatic hydroxyl groups is 1. The van der Waals surface area contributed by atoms with Crippen molar-refractivity contribution in [3.63, 3.8) is 0 Å². The Morgan fingerprint density at radius 3 is 2.41 bits per heavy atom. The molecule has 0 unspecified atom stereocenters. The van der Waals surface area contributed by atoms with Crippen molar-refractivity contribution in [2.24, 2.45) is 5.92 Å². The number of aryl methyl sites for hydroxylation is 1. The average molecular weight is 500 g/mol. The van der Waals surface area contributed by atoms with Gasteiger partial charge in [0, 0.05) is 5.57 Å². The first-order valence-corrected chi connectivity index (χ1v) is 13.3. The number of nitrogens with one attached hydrogen (secondary N) is 1. The molecule has 0 aliphatic carbocycles. The Morgan fingerprint density at radius 2 is 1.81 bits per heavy atom. The highest BCUT2D eigenvalue weighted by atomic mass is 16.5. The van der Waals surface area contributed by atoms with Gasteiger partial charge in [0.1, 0.15) is 12.0 Å². The van der Waals surface area contributed by atoms with E-state index in [9.17, 15) is 0 Å². The summed E-state index contributed by atoms with van der Waals surface area (Å²) in [5, 5.41) is 12.2. The van der Waals surface area contributed by atoms with E-state index in [-0.39, 0.29) is 5.54 Å². The number of aliphatic hydroxyl groups excluding tert-OH is 1. The minimum absolute atomic E-state index is 0.265. The number of fused-ring (bicyclic) bond motifs is 1. The molecule has 2 N–H and O–H groups in total. The molecule has 0 spiro atoms. The summed E-state index contributed by atoms with van der Waals surface area (Å²) in [6.07, 6.45) is 12.8. The average Bonchev–Trinajstić information content (AvgIpc) is 2.87. The second-order valence-electron chi connectivity index (χ2n) is 10.4. The Balaban J connectivity index is 0.000000717. The van der Waals surface area contributed by atoms with E-state index < -0.39 is 0 Å². The smallest absolute Gasteiger partial charge is 0.129 e. The summed E-state index contributed by atoms with van der Waals surface area (Å²) in [6.45, 7) is 18.7. The van der Waals surface area contributed by atoms with Gasteiger partial charge in [-0.1, -0.05) is 88.0 Å². The summed E-state index contributed by atoms with van der Waals surface area (Å²) in [5.74, 6) is 1.82. The van der Waals surface area contributed by atoms with Crippen LogP contribution < -0.4 is 10.1 Å². The Morgan fingerprint density at radius 1 is 1.14 bits per heavy atom. The zero-order valence-corrected chi connectivity index (χ0v) is 23.8. The van der Waals surface area contributed by atoms with Crippen LogP contribution in [0.2, 0.25) is 0 Å². The zero-order valence-electron chi connectivity index (χ0n) is 23.8. The first-order valence-electron chi connectivity index (χ1n) is 13.3. The van der Waals surface area contributed by atoms with Crippen LogP contribution in [-0.4, -0.2) is 5.11 Å². The fraction of sp³-hybridized carbons (Fsp3) is 0.353. The number of ether oxygens (including phenoxy) is 1. The second-order valence-corrected chi connectivity index (χ2v) is 10.4. The molecule has 0 saturated heterocycles. The largest absolute Gasteiger partial charge is 0.513 e. The fourth-order valence-corrected chi connectivity index (χ4v) is 4.44. The van der Waals surface area contributed by atoms with Crippen molar-refractivity contribution < 1.29 is 9.84 Å². The van der Waals surface area contributed by atoms with E-state index in [1.807, 2.05) is 37.5 Å². The molecule has 1 aliphatic rings. The molecule has 2 aromatic carbocycles. The maximum atomic E-state index is 8.41. The third-order valence-electron chi connectivity index (χ3n) is 6.15. The van der Waals surface area contributed by atoms with Crippen LogP contribution in [0.4, 0.5) is 0 Å². The summed E-state index contributed by atoms with van der Waals surface area (Å²) in [5.41, 5.74) is 6.92. The Kier molecular flexibility index (Phi) is 11.5. The van der Waals surface area contributed by atoms with Crippen LogP contribution in [0.3, 0.4) is 0 Å². The molecule has 198 valence electrons. The summed E-state index contributed by atoms with van der Waals surface area (Å²) < 4.78 is 6.20. The van der Waals surface area contributed by atoms with Gasteiger partial charge in [-0.15, -0.1) is 0 Å². The van der Waals surface area contributed by atoms with Gasteiger partial charge < -0.3 is 15.2 Å². The minimum Gasteiger partial charge on any atom is -0.513 e. The highest BCUT2D eigenvalue weighted by molar-refractivity contribution is 5.51. The van der Waals surface area contributed by atoms with Crippen LogP contribution >= 0.6 is 0 Å². The number of rotatable bonds is 6. The van der Waals surface area contributed by atoms with Gasteiger partial charge in [-0.2, -0.15) is 0 Å². The van der Waals surface area contributed by atoms with Gasteiger partial charge in [0.15, 0.2) is 0 Å². The minimum atomic E-state index is -0.265. The maximum Gasteiger partial charge on any atom is 0.129 e. The van der Waals surface area contributed by atoms with E-state index in [0.29, 0.717) is 11.7 Å². The number of allylic oxidation sites excluding steroid dienone is 6. The second kappa shape index (κ2) is 14.3. The lowest BCUT2D eigenvalue weighted by molar-refractivity contribution is 0.412. The normalized spacial score (nSPS) is 18.8. The molecule has 0 aromatic heterocycles. The molecule has 3 rings (SSSR count). The molecule has 1 heterocycles. The van der Waals surface area contributed by atoms with Crippen molar-refractivity contribution >= 4 is 0 Å². The molecule has 0 saturated carbocycles. The predicted octanol–water partition coefficient (Wildman–Crippen LogP) is 9.24. The van der Waals surface area contributed by atoms with Crippen molar-refractivity contribution in [1.29, 1.82) is 0 Å².